The minimum Gasteiger partial charge on any atom is -0.506 e. The Morgan fingerprint density at radius 3 is 2.40 bits per heavy atom. The number of hydrogen-bond donors (Lipinski definition) is 4. The number of halogens is 1. The van der Waals surface area contributed by atoms with E-state index in [9.17, 15) is 19.5 Å². The molecule has 7 rings (SSSR count). The Kier molecular flexibility index (Phi) is 15.3. The molecule has 1 fully saturated rings. The van der Waals surface area contributed by atoms with Crippen LogP contribution in [0.3, 0.4) is 0 Å². The molecule has 4 N–H and O–H groups in total. The molecule has 0 bridgehead atoms. The van der Waals surface area contributed by atoms with Crippen molar-refractivity contribution in [2.45, 2.75) is 44.7 Å². The molecule has 0 saturated carbocycles. The molecule has 1 aromatic heterocycles. The van der Waals surface area contributed by atoms with Gasteiger partial charge >= 0.3 is 5.97 Å². The van der Waals surface area contributed by atoms with Crippen LogP contribution in [-0.4, -0.2) is 73.4 Å². The fraction of sp³-hybridized carbons (Fsp3) is 0.300. The standard InChI is InChI=1S/C50H53ClN4O7/c1-60-45-30-42(43(51)29-39(45)31-52-24-20-36-16-18-44(56)48-41(36)17-19-46(57)54-48)49(58)53-23-9-27-61-40-15-8-14-38(28-40)47(37-12-6-3-7-13-37)50(59)62-33-35-21-25-55(26-22-35)32-34-10-4-2-5-11-34/h2-8,10-19,28-30,35,47,52,56H,9,20-27,31-33H2,1H3,(H,53,58)(H,54,57). The van der Waals surface area contributed by atoms with Gasteiger partial charge in [-0.05, 0) is 110 Å². The summed E-state index contributed by atoms with van der Waals surface area (Å²) in [7, 11) is 1.55. The van der Waals surface area contributed by atoms with Crippen LogP contribution in [0.1, 0.15) is 63.4 Å². The lowest BCUT2D eigenvalue weighted by Gasteiger charge is -2.32. The predicted molar refractivity (Wildman–Crippen MR) is 242 cm³/mol. The number of carbonyl (C=O) groups is 2. The maximum absolute atomic E-state index is 13.8. The Bertz CT molecular complexity index is 2490. The topological polar surface area (TPSA) is 142 Å². The molecule has 0 spiro atoms. The number of fused-ring (bicyclic) bond motifs is 1. The molecule has 1 amide bonds. The van der Waals surface area contributed by atoms with Crippen molar-refractivity contribution in [3.05, 3.63) is 170 Å². The van der Waals surface area contributed by atoms with Crippen LogP contribution in [0.5, 0.6) is 17.2 Å². The third-order valence-corrected chi connectivity index (χ3v) is 11.6. The molecule has 1 atom stereocenters. The van der Waals surface area contributed by atoms with Gasteiger partial charge in [0, 0.05) is 36.7 Å². The van der Waals surface area contributed by atoms with Crippen LogP contribution in [-0.2, 0) is 29.0 Å². The van der Waals surface area contributed by atoms with Gasteiger partial charge in [-0.3, -0.25) is 19.3 Å². The van der Waals surface area contributed by atoms with E-state index >= 15 is 0 Å². The van der Waals surface area contributed by atoms with Gasteiger partial charge in [0.15, 0.2) is 0 Å². The van der Waals surface area contributed by atoms with E-state index in [1.54, 1.807) is 31.4 Å². The van der Waals surface area contributed by atoms with Gasteiger partial charge in [0.1, 0.15) is 23.2 Å². The van der Waals surface area contributed by atoms with Gasteiger partial charge in [0.05, 0.1) is 36.4 Å². The maximum Gasteiger partial charge on any atom is 0.317 e. The highest BCUT2D eigenvalue weighted by molar-refractivity contribution is 6.34. The third-order valence-electron chi connectivity index (χ3n) is 11.3. The first-order valence-electron chi connectivity index (χ1n) is 21.2. The Morgan fingerprint density at radius 2 is 1.63 bits per heavy atom. The summed E-state index contributed by atoms with van der Waals surface area (Å²) in [6.07, 6.45) is 3.16. The van der Waals surface area contributed by atoms with Crippen molar-refractivity contribution < 1.29 is 28.9 Å². The Morgan fingerprint density at radius 1 is 0.871 bits per heavy atom. The molecule has 0 aliphatic carbocycles. The number of pyridine rings is 1. The van der Waals surface area contributed by atoms with Gasteiger partial charge in [-0.1, -0.05) is 90.5 Å². The number of phenolic OH excluding ortho intramolecular Hbond substituents is 1. The molecule has 2 heterocycles. The number of nitrogens with one attached hydrogen (secondary N) is 3. The summed E-state index contributed by atoms with van der Waals surface area (Å²) in [6, 6.07) is 37.7. The number of rotatable bonds is 19. The molecule has 1 unspecified atom stereocenters. The number of methoxy groups -OCH3 is 1. The SMILES string of the molecule is COc1cc(C(=O)NCCCOc2cccc(C(C(=O)OCC3CCN(Cc4ccccc4)CC3)c3ccccc3)c2)c(Cl)cc1CNCCc1ccc(O)c2[nH]c(=O)ccc12. The fourth-order valence-electron chi connectivity index (χ4n) is 7.95. The first-order valence-corrected chi connectivity index (χ1v) is 21.5. The number of carbonyl (C=O) groups excluding carboxylic acids is 2. The average molecular weight is 857 g/mol. The second-order valence-electron chi connectivity index (χ2n) is 15.6. The van der Waals surface area contributed by atoms with Crippen molar-refractivity contribution in [1.82, 2.24) is 20.5 Å². The highest BCUT2D eigenvalue weighted by Crippen LogP contribution is 2.31. The quantitative estimate of drug-likeness (QED) is 0.0471. The van der Waals surface area contributed by atoms with Crippen molar-refractivity contribution in [3.63, 3.8) is 0 Å². The predicted octanol–water partition coefficient (Wildman–Crippen LogP) is 8.01. The first kappa shape index (κ1) is 43.9. The van der Waals surface area contributed by atoms with E-state index in [0.29, 0.717) is 79.2 Å². The lowest BCUT2D eigenvalue weighted by atomic mass is 9.91. The Balaban J connectivity index is 0.871. The zero-order valence-corrected chi connectivity index (χ0v) is 35.7. The molecule has 5 aromatic carbocycles. The lowest BCUT2D eigenvalue weighted by molar-refractivity contribution is -0.146. The fourth-order valence-corrected chi connectivity index (χ4v) is 8.22. The number of phenols is 1. The normalized spacial score (nSPS) is 13.7. The van der Waals surface area contributed by atoms with Crippen LogP contribution in [0.2, 0.25) is 5.02 Å². The monoisotopic (exact) mass is 856 g/mol. The van der Waals surface area contributed by atoms with Crippen LogP contribution in [0, 0.1) is 5.92 Å². The minimum absolute atomic E-state index is 0.0264. The van der Waals surface area contributed by atoms with E-state index in [4.69, 9.17) is 25.8 Å². The summed E-state index contributed by atoms with van der Waals surface area (Å²) < 4.78 is 17.8. The lowest BCUT2D eigenvalue weighted by Crippen LogP contribution is -2.35. The molecule has 12 heteroatoms. The molecular weight excluding hydrogens is 804 g/mol. The average Bonchev–Trinajstić information content (AvgIpc) is 3.29. The zero-order chi connectivity index (χ0) is 43.3. The number of amides is 1. The van der Waals surface area contributed by atoms with E-state index in [2.05, 4.69) is 44.8 Å². The minimum atomic E-state index is -0.596. The van der Waals surface area contributed by atoms with Crippen LogP contribution in [0.15, 0.2) is 126 Å². The van der Waals surface area contributed by atoms with Crippen molar-refractivity contribution >= 4 is 34.4 Å². The summed E-state index contributed by atoms with van der Waals surface area (Å²) in [6.45, 7) is 5.03. The van der Waals surface area contributed by atoms with E-state index < -0.39 is 5.92 Å². The molecule has 1 saturated heterocycles. The molecule has 1 aliphatic heterocycles. The van der Waals surface area contributed by atoms with Gasteiger partial charge in [-0.25, -0.2) is 0 Å². The number of piperidine rings is 1. The molecule has 0 radical (unpaired) electrons. The molecule has 62 heavy (non-hydrogen) atoms. The molecule has 322 valence electrons. The number of likely N-dealkylation sites (tertiary alicyclic amines) is 1. The molecule has 11 nitrogen and oxygen atoms in total. The van der Waals surface area contributed by atoms with Crippen molar-refractivity contribution in [1.29, 1.82) is 0 Å². The van der Waals surface area contributed by atoms with Gasteiger partial charge in [0.25, 0.3) is 5.91 Å². The van der Waals surface area contributed by atoms with Crippen molar-refractivity contribution in [2.24, 2.45) is 5.92 Å². The summed E-state index contributed by atoms with van der Waals surface area (Å²) in [4.78, 5) is 43.9. The second-order valence-corrected chi connectivity index (χ2v) is 16.0. The summed E-state index contributed by atoms with van der Waals surface area (Å²) in [5, 5.41) is 17.6. The van der Waals surface area contributed by atoms with E-state index in [1.165, 1.54) is 11.6 Å². The number of aromatic nitrogens is 1. The van der Waals surface area contributed by atoms with Gasteiger partial charge in [-0.2, -0.15) is 0 Å². The van der Waals surface area contributed by atoms with Gasteiger partial charge in [-0.15, -0.1) is 0 Å². The van der Waals surface area contributed by atoms with Crippen LogP contribution < -0.4 is 25.7 Å². The smallest absolute Gasteiger partial charge is 0.317 e. The van der Waals surface area contributed by atoms with E-state index in [-0.39, 0.29) is 23.2 Å². The Labute approximate surface area is 367 Å². The number of benzene rings is 5. The van der Waals surface area contributed by atoms with Crippen molar-refractivity contribution in [2.75, 3.05) is 46.5 Å². The maximum atomic E-state index is 13.8. The summed E-state index contributed by atoms with van der Waals surface area (Å²) >= 11 is 6.61. The molecule has 1 aliphatic rings. The highest BCUT2D eigenvalue weighted by Gasteiger charge is 2.27. The number of H-pyrrole nitrogens is 1. The van der Waals surface area contributed by atoms with Gasteiger partial charge in [0.2, 0.25) is 5.56 Å². The van der Waals surface area contributed by atoms with Crippen LogP contribution in [0.4, 0.5) is 0 Å². The van der Waals surface area contributed by atoms with Crippen LogP contribution in [0.25, 0.3) is 10.9 Å². The summed E-state index contributed by atoms with van der Waals surface area (Å²) in [5.41, 5.74) is 5.17. The Hall–Kier alpha value is -6.14. The second kappa shape index (κ2) is 21.6. The van der Waals surface area contributed by atoms with E-state index in [1.807, 2.05) is 66.7 Å². The first-order chi connectivity index (χ1) is 30.2. The number of ether oxygens (including phenoxy) is 3. The molecular formula is C50H53ClN4O7. The number of hydrogen-bond acceptors (Lipinski definition) is 9. The van der Waals surface area contributed by atoms with Crippen LogP contribution >= 0.6 is 11.6 Å². The van der Waals surface area contributed by atoms with Crippen molar-refractivity contribution in [3.8, 4) is 17.2 Å². The molecule has 6 aromatic rings. The number of nitrogens with zero attached hydrogens (tertiary/aromatic N) is 1. The van der Waals surface area contributed by atoms with Gasteiger partial charge < -0.3 is 34.9 Å². The number of aromatic amines is 1. The zero-order valence-electron chi connectivity index (χ0n) is 34.9. The largest absolute Gasteiger partial charge is 0.506 e. The number of esters is 1. The number of aromatic hydroxyl groups is 1. The summed E-state index contributed by atoms with van der Waals surface area (Å²) in [5.74, 6) is 0.305. The highest BCUT2D eigenvalue weighted by atomic mass is 35.5. The third kappa shape index (κ3) is 11.6. The van der Waals surface area contributed by atoms with E-state index in [0.717, 1.165) is 60.1 Å².